The minimum atomic E-state index is 0.206. The van der Waals surface area contributed by atoms with Gasteiger partial charge in [-0.3, -0.25) is 0 Å². The van der Waals surface area contributed by atoms with Crippen LogP contribution in [0, 0.1) is 5.92 Å². The Hall–Kier alpha value is 0.200. The molecule has 0 aliphatic heterocycles. The van der Waals surface area contributed by atoms with Crippen molar-refractivity contribution in [2.45, 2.75) is 38.6 Å². The quantitative estimate of drug-likeness (QED) is 0.879. The normalized spacial score (nSPS) is 24.8. The van der Waals surface area contributed by atoms with Crippen LogP contribution in [0.15, 0.2) is 19.6 Å². The van der Waals surface area contributed by atoms with Crippen molar-refractivity contribution in [3.05, 3.63) is 21.0 Å². The molecule has 1 aromatic rings. The van der Waals surface area contributed by atoms with E-state index in [9.17, 15) is 0 Å². The third kappa shape index (κ3) is 3.11. The van der Waals surface area contributed by atoms with Crippen LogP contribution in [0.2, 0.25) is 0 Å². The first-order valence-electron chi connectivity index (χ1n) is 5.56. The Morgan fingerprint density at radius 1 is 1.44 bits per heavy atom. The van der Waals surface area contributed by atoms with Crippen molar-refractivity contribution in [1.29, 1.82) is 0 Å². The Bertz CT molecular complexity index is 361. The summed E-state index contributed by atoms with van der Waals surface area (Å²) in [5.41, 5.74) is 0.206. The Morgan fingerprint density at radius 2 is 2.12 bits per heavy atom. The van der Waals surface area contributed by atoms with E-state index in [1.165, 1.54) is 6.42 Å². The van der Waals surface area contributed by atoms with Crippen LogP contribution < -0.4 is 5.32 Å². The third-order valence-electron chi connectivity index (χ3n) is 2.85. The number of furan rings is 1. The van der Waals surface area contributed by atoms with E-state index in [0.717, 1.165) is 27.4 Å². The van der Waals surface area contributed by atoms with Crippen molar-refractivity contribution in [3.8, 4) is 0 Å². The van der Waals surface area contributed by atoms with E-state index in [0.29, 0.717) is 5.92 Å². The smallest absolute Gasteiger partial charge is 0.183 e. The molecule has 0 amide bonds. The van der Waals surface area contributed by atoms with Gasteiger partial charge in [0, 0.05) is 11.5 Å². The van der Waals surface area contributed by atoms with Gasteiger partial charge >= 0.3 is 0 Å². The SMILES string of the molecule is CC(C)(C)NCC1CC1c1cc(Br)c(Br)o1. The lowest BCUT2D eigenvalue weighted by Crippen LogP contribution is -2.37. The molecule has 4 heteroatoms. The molecule has 1 saturated carbocycles. The average molecular weight is 351 g/mol. The van der Waals surface area contributed by atoms with Gasteiger partial charge in [-0.15, -0.1) is 0 Å². The van der Waals surface area contributed by atoms with Crippen molar-refractivity contribution in [2.24, 2.45) is 5.92 Å². The molecule has 1 N–H and O–H groups in total. The fourth-order valence-electron chi connectivity index (χ4n) is 1.80. The van der Waals surface area contributed by atoms with Crippen LogP contribution in [0.3, 0.4) is 0 Å². The molecule has 0 radical (unpaired) electrons. The number of rotatable bonds is 3. The second-order valence-electron chi connectivity index (χ2n) is 5.50. The van der Waals surface area contributed by atoms with E-state index < -0.39 is 0 Å². The predicted molar refractivity (Wildman–Crippen MR) is 72.7 cm³/mol. The highest BCUT2D eigenvalue weighted by molar-refractivity contribution is 9.13. The maximum absolute atomic E-state index is 5.64. The van der Waals surface area contributed by atoms with Crippen LogP contribution in [0.1, 0.15) is 38.9 Å². The maximum atomic E-state index is 5.64. The largest absolute Gasteiger partial charge is 0.453 e. The molecule has 2 atom stereocenters. The van der Waals surface area contributed by atoms with Gasteiger partial charge in [-0.1, -0.05) is 0 Å². The molecule has 90 valence electrons. The predicted octanol–water partition coefficient (Wildman–Crippen LogP) is 4.30. The van der Waals surface area contributed by atoms with Gasteiger partial charge in [0.1, 0.15) is 5.76 Å². The van der Waals surface area contributed by atoms with Crippen molar-refractivity contribution < 1.29 is 4.42 Å². The summed E-state index contributed by atoms with van der Waals surface area (Å²) in [7, 11) is 0. The molecule has 0 saturated heterocycles. The van der Waals surface area contributed by atoms with Crippen LogP contribution in [0.4, 0.5) is 0 Å². The minimum Gasteiger partial charge on any atom is -0.453 e. The summed E-state index contributed by atoms with van der Waals surface area (Å²) in [6, 6.07) is 2.08. The number of hydrogen-bond donors (Lipinski definition) is 1. The Morgan fingerprint density at radius 3 is 2.62 bits per heavy atom. The fraction of sp³-hybridized carbons (Fsp3) is 0.667. The lowest BCUT2D eigenvalue weighted by atomic mass is 10.1. The molecule has 0 spiro atoms. The van der Waals surface area contributed by atoms with E-state index in [2.05, 4.69) is 64.0 Å². The minimum absolute atomic E-state index is 0.206. The molecule has 1 aromatic heterocycles. The third-order valence-corrected chi connectivity index (χ3v) is 4.56. The Labute approximate surface area is 113 Å². The van der Waals surface area contributed by atoms with Crippen molar-refractivity contribution in [3.63, 3.8) is 0 Å². The Balaban J connectivity index is 1.87. The molecule has 2 rings (SSSR count). The van der Waals surface area contributed by atoms with Gasteiger partial charge < -0.3 is 9.73 Å². The summed E-state index contributed by atoms with van der Waals surface area (Å²) in [5, 5.41) is 3.54. The first-order valence-corrected chi connectivity index (χ1v) is 7.15. The molecule has 0 aromatic carbocycles. The van der Waals surface area contributed by atoms with E-state index in [1.54, 1.807) is 0 Å². The van der Waals surface area contributed by atoms with Gasteiger partial charge in [0.15, 0.2) is 4.67 Å². The van der Waals surface area contributed by atoms with Crippen LogP contribution in [-0.2, 0) is 0 Å². The zero-order valence-corrected chi connectivity index (χ0v) is 13.0. The number of nitrogens with one attached hydrogen (secondary N) is 1. The van der Waals surface area contributed by atoms with E-state index in [-0.39, 0.29) is 5.54 Å². The molecule has 2 unspecified atom stereocenters. The van der Waals surface area contributed by atoms with E-state index in [4.69, 9.17) is 4.42 Å². The van der Waals surface area contributed by atoms with E-state index in [1.807, 2.05) is 0 Å². The zero-order chi connectivity index (χ0) is 11.9. The first kappa shape index (κ1) is 12.7. The first-order chi connectivity index (χ1) is 7.37. The monoisotopic (exact) mass is 349 g/mol. The topological polar surface area (TPSA) is 25.2 Å². The van der Waals surface area contributed by atoms with Gasteiger partial charge in [-0.05, 0) is 77.6 Å². The van der Waals surface area contributed by atoms with Gasteiger partial charge in [-0.25, -0.2) is 0 Å². The zero-order valence-electron chi connectivity index (χ0n) is 9.81. The number of halogens is 2. The molecule has 16 heavy (non-hydrogen) atoms. The summed E-state index contributed by atoms with van der Waals surface area (Å²) in [6.07, 6.45) is 1.23. The second kappa shape index (κ2) is 4.46. The molecule has 1 fully saturated rings. The van der Waals surface area contributed by atoms with Gasteiger partial charge in [0.2, 0.25) is 0 Å². The van der Waals surface area contributed by atoms with Crippen LogP contribution in [0.25, 0.3) is 0 Å². The highest BCUT2D eigenvalue weighted by atomic mass is 79.9. The van der Waals surface area contributed by atoms with Crippen molar-refractivity contribution in [1.82, 2.24) is 5.32 Å². The summed E-state index contributed by atoms with van der Waals surface area (Å²) in [5.74, 6) is 2.42. The Kier molecular flexibility index (Phi) is 3.53. The number of hydrogen-bond acceptors (Lipinski definition) is 2. The summed E-state index contributed by atoms with van der Waals surface area (Å²) >= 11 is 6.82. The maximum Gasteiger partial charge on any atom is 0.183 e. The summed E-state index contributed by atoms with van der Waals surface area (Å²) < 4.78 is 7.46. The fourth-order valence-corrected chi connectivity index (χ4v) is 2.41. The molecule has 1 heterocycles. The molecule has 1 aliphatic rings. The molecular weight excluding hydrogens is 334 g/mol. The summed E-state index contributed by atoms with van der Waals surface area (Å²) in [4.78, 5) is 0. The van der Waals surface area contributed by atoms with Crippen LogP contribution >= 0.6 is 31.9 Å². The van der Waals surface area contributed by atoms with Crippen LogP contribution in [0.5, 0.6) is 0 Å². The molecular formula is C12H17Br2NO. The van der Waals surface area contributed by atoms with Gasteiger partial charge in [-0.2, -0.15) is 0 Å². The van der Waals surface area contributed by atoms with Crippen molar-refractivity contribution >= 4 is 31.9 Å². The lowest BCUT2D eigenvalue weighted by molar-refractivity contribution is 0.408. The van der Waals surface area contributed by atoms with Crippen molar-refractivity contribution in [2.75, 3.05) is 6.54 Å². The highest BCUT2D eigenvalue weighted by Gasteiger charge is 2.41. The highest BCUT2D eigenvalue weighted by Crippen LogP contribution is 2.49. The molecule has 1 aliphatic carbocycles. The summed E-state index contributed by atoms with van der Waals surface area (Å²) in [6.45, 7) is 7.67. The second-order valence-corrected chi connectivity index (χ2v) is 7.08. The van der Waals surface area contributed by atoms with E-state index >= 15 is 0 Å². The van der Waals surface area contributed by atoms with Crippen LogP contribution in [-0.4, -0.2) is 12.1 Å². The standard InChI is InChI=1S/C12H17Br2NO/c1-12(2,3)15-6-7-4-8(7)10-5-9(13)11(14)16-10/h5,7-8,15H,4,6H2,1-3H3. The van der Waals surface area contributed by atoms with Gasteiger partial charge in [0.25, 0.3) is 0 Å². The lowest BCUT2D eigenvalue weighted by Gasteiger charge is -2.20. The van der Waals surface area contributed by atoms with Gasteiger partial charge in [0.05, 0.1) is 4.47 Å². The average Bonchev–Trinajstić information content (AvgIpc) is 2.85. The molecule has 0 bridgehead atoms. The molecule has 2 nitrogen and oxygen atoms in total.